The van der Waals surface area contributed by atoms with Crippen molar-refractivity contribution < 1.29 is 23.9 Å². The molecule has 0 radical (unpaired) electrons. The van der Waals surface area contributed by atoms with Crippen molar-refractivity contribution in [2.45, 2.75) is 47.5 Å². The lowest BCUT2D eigenvalue weighted by Crippen LogP contribution is -2.22. The topological polar surface area (TPSA) is 97.5 Å². The predicted molar refractivity (Wildman–Crippen MR) is 110 cm³/mol. The van der Waals surface area contributed by atoms with Gasteiger partial charge in [-0.2, -0.15) is 0 Å². The molecule has 156 valence electrons. The molecule has 2 rings (SSSR count). The van der Waals surface area contributed by atoms with Crippen LogP contribution in [0.15, 0.2) is 18.2 Å². The van der Waals surface area contributed by atoms with Crippen molar-refractivity contribution in [3.8, 4) is 0 Å². The smallest absolute Gasteiger partial charge is 0.355 e. The molecular weight excluding hydrogens is 372 g/mol. The summed E-state index contributed by atoms with van der Waals surface area (Å²) >= 11 is 0. The molecule has 1 amide bonds. The van der Waals surface area contributed by atoms with Crippen molar-refractivity contribution >= 4 is 23.5 Å². The van der Waals surface area contributed by atoms with Crippen LogP contribution in [0, 0.1) is 20.8 Å². The van der Waals surface area contributed by atoms with Gasteiger partial charge in [0.05, 0.1) is 12.2 Å². The number of nitrogens with one attached hydrogen (secondary N) is 2. The fourth-order valence-corrected chi connectivity index (χ4v) is 3.18. The van der Waals surface area contributed by atoms with Gasteiger partial charge in [-0.3, -0.25) is 4.79 Å². The first kappa shape index (κ1) is 22.2. The second-order valence-corrected chi connectivity index (χ2v) is 7.16. The molecule has 29 heavy (non-hydrogen) atoms. The molecule has 0 atom stereocenters. The van der Waals surface area contributed by atoms with Crippen LogP contribution < -0.4 is 5.32 Å². The Labute approximate surface area is 170 Å². The number of aromatic amines is 1. The minimum absolute atomic E-state index is 0.210. The number of hydrogen-bond donors (Lipinski definition) is 2. The minimum atomic E-state index is -0.671. The first-order valence-electron chi connectivity index (χ1n) is 9.60. The van der Waals surface area contributed by atoms with Gasteiger partial charge in [-0.05, 0) is 50.3 Å². The first-order valence-corrected chi connectivity index (χ1v) is 9.60. The molecule has 1 aromatic heterocycles. The number of hydrogen-bond acceptors (Lipinski definition) is 5. The maximum Gasteiger partial charge on any atom is 0.355 e. The van der Waals surface area contributed by atoms with Crippen LogP contribution in [0.2, 0.25) is 0 Å². The van der Waals surface area contributed by atoms with E-state index >= 15 is 0 Å². The zero-order valence-electron chi connectivity index (χ0n) is 17.8. The van der Waals surface area contributed by atoms with E-state index in [4.69, 9.17) is 9.47 Å². The monoisotopic (exact) mass is 400 g/mol. The number of amides is 1. The molecule has 0 aliphatic rings. The van der Waals surface area contributed by atoms with Gasteiger partial charge in [0, 0.05) is 11.4 Å². The van der Waals surface area contributed by atoms with Gasteiger partial charge in [-0.25, -0.2) is 9.59 Å². The maximum absolute atomic E-state index is 12.5. The van der Waals surface area contributed by atoms with E-state index in [0.717, 1.165) is 16.8 Å². The maximum atomic E-state index is 12.5. The zero-order valence-corrected chi connectivity index (χ0v) is 17.8. The Balaban J connectivity index is 2.09. The van der Waals surface area contributed by atoms with Crippen LogP contribution >= 0.6 is 0 Å². The molecule has 7 heteroatoms. The molecule has 0 unspecified atom stereocenters. The second-order valence-electron chi connectivity index (χ2n) is 7.16. The van der Waals surface area contributed by atoms with Crippen molar-refractivity contribution in [3.63, 3.8) is 0 Å². The summed E-state index contributed by atoms with van der Waals surface area (Å²) in [6, 6.07) is 5.82. The number of H-pyrrole nitrogens is 1. The average Bonchev–Trinajstić information content (AvgIpc) is 2.96. The van der Waals surface area contributed by atoms with E-state index in [1.807, 2.05) is 39.0 Å². The summed E-state index contributed by atoms with van der Waals surface area (Å²) in [4.78, 5) is 39.7. The number of benzene rings is 1. The summed E-state index contributed by atoms with van der Waals surface area (Å²) in [6.07, 6.45) is 0. The normalized spacial score (nSPS) is 10.7. The molecule has 2 aromatic rings. The van der Waals surface area contributed by atoms with E-state index in [1.165, 1.54) is 0 Å². The fraction of sp³-hybridized carbons (Fsp3) is 0.409. The summed E-state index contributed by atoms with van der Waals surface area (Å²) in [5, 5.41) is 2.84. The number of para-hydroxylation sites is 1. The van der Waals surface area contributed by atoms with Gasteiger partial charge >= 0.3 is 11.9 Å². The molecule has 0 saturated carbocycles. The van der Waals surface area contributed by atoms with Gasteiger partial charge in [0.2, 0.25) is 0 Å². The van der Waals surface area contributed by atoms with Crippen LogP contribution in [0.25, 0.3) is 0 Å². The van der Waals surface area contributed by atoms with Gasteiger partial charge in [0.15, 0.2) is 6.61 Å². The lowest BCUT2D eigenvalue weighted by atomic mass is 9.98. The highest BCUT2D eigenvalue weighted by atomic mass is 16.5. The van der Waals surface area contributed by atoms with Crippen molar-refractivity contribution in [2.75, 3.05) is 18.5 Å². The van der Waals surface area contributed by atoms with Gasteiger partial charge in [0.25, 0.3) is 5.91 Å². The van der Waals surface area contributed by atoms with Crippen molar-refractivity contribution in [3.05, 3.63) is 51.8 Å². The van der Waals surface area contributed by atoms with Crippen LogP contribution in [0.3, 0.4) is 0 Å². The zero-order chi connectivity index (χ0) is 21.7. The molecule has 0 fully saturated rings. The van der Waals surface area contributed by atoms with Crippen LogP contribution in [0.5, 0.6) is 0 Å². The summed E-state index contributed by atoms with van der Waals surface area (Å²) in [5.41, 5.74) is 4.06. The van der Waals surface area contributed by atoms with Crippen molar-refractivity contribution in [2.24, 2.45) is 0 Å². The van der Waals surface area contributed by atoms with E-state index in [-0.39, 0.29) is 23.8 Å². The van der Waals surface area contributed by atoms with E-state index < -0.39 is 24.5 Å². The number of anilines is 1. The quantitative estimate of drug-likeness (QED) is 0.684. The summed E-state index contributed by atoms with van der Waals surface area (Å²) in [5.74, 6) is -1.40. The summed E-state index contributed by atoms with van der Waals surface area (Å²) in [6.45, 7) is 10.8. The Morgan fingerprint density at radius 2 is 1.76 bits per heavy atom. The molecule has 0 saturated heterocycles. The lowest BCUT2D eigenvalue weighted by molar-refractivity contribution is -0.119. The summed E-state index contributed by atoms with van der Waals surface area (Å²) < 4.78 is 10.2. The Hall–Kier alpha value is -3.09. The third kappa shape index (κ3) is 5.04. The van der Waals surface area contributed by atoms with Gasteiger partial charge in [0.1, 0.15) is 5.69 Å². The van der Waals surface area contributed by atoms with E-state index in [9.17, 15) is 14.4 Å². The summed E-state index contributed by atoms with van der Waals surface area (Å²) in [7, 11) is 0. The average molecular weight is 400 g/mol. The number of carbonyl (C=O) groups is 3. The number of carbonyl (C=O) groups excluding carboxylic acids is 3. The number of rotatable bonds is 7. The van der Waals surface area contributed by atoms with Crippen molar-refractivity contribution in [1.82, 2.24) is 4.98 Å². The SMILES string of the molecule is CCOC(=O)c1[nH]c(C)c(C(=O)OCC(=O)Nc2c(C)cccc2C(C)C)c1C. The van der Waals surface area contributed by atoms with Crippen LogP contribution in [-0.4, -0.2) is 36.0 Å². The molecule has 1 aromatic carbocycles. The molecule has 0 spiro atoms. The predicted octanol–water partition coefficient (Wildman–Crippen LogP) is 4.04. The number of aryl methyl sites for hydroxylation is 2. The number of esters is 2. The highest BCUT2D eigenvalue weighted by Gasteiger charge is 2.24. The second kappa shape index (κ2) is 9.41. The third-order valence-electron chi connectivity index (χ3n) is 4.65. The van der Waals surface area contributed by atoms with Gasteiger partial charge < -0.3 is 19.8 Å². The number of aromatic nitrogens is 1. The van der Waals surface area contributed by atoms with E-state index in [2.05, 4.69) is 10.3 Å². The first-order chi connectivity index (χ1) is 13.7. The molecular formula is C22H28N2O5. The Bertz CT molecular complexity index is 928. The molecule has 0 aliphatic carbocycles. The van der Waals surface area contributed by atoms with E-state index in [1.54, 1.807) is 20.8 Å². The standard InChI is InChI=1S/C22H28N2O5/c1-7-28-22(27)20-14(5)18(15(6)23-20)21(26)29-11-17(25)24-19-13(4)9-8-10-16(19)12(2)3/h8-10,12,23H,7,11H2,1-6H3,(H,24,25). The molecule has 0 bridgehead atoms. The Morgan fingerprint density at radius 1 is 1.07 bits per heavy atom. The van der Waals surface area contributed by atoms with Crippen LogP contribution in [-0.2, 0) is 14.3 Å². The van der Waals surface area contributed by atoms with Gasteiger partial charge in [-0.15, -0.1) is 0 Å². The highest BCUT2D eigenvalue weighted by Crippen LogP contribution is 2.27. The molecule has 1 heterocycles. The molecule has 7 nitrogen and oxygen atoms in total. The highest BCUT2D eigenvalue weighted by molar-refractivity contribution is 6.00. The Kier molecular flexibility index (Phi) is 7.20. The third-order valence-corrected chi connectivity index (χ3v) is 4.65. The molecule has 2 N–H and O–H groups in total. The fourth-order valence-electron chi connectivity index (χ4n) is 3.18. The lowest BCUT2D eigenvalue weighted by Gasteiger charge is -2.16. The van der Waals surface area contributed by atoms with Crippen LogP contribution in [0.1, 0.15) is 69.9 Å². The van der Waals surface area contributed by atoms with Crippen molar-refractivity contribution in [1.29, 1.82) is 0 Å². The van der Waals surface area contributed by atoms with Gasteiger partial charge in [-0.1, -0.05) is 32.0 Å². The van der Waals surface area contributed by atoms with E-state index in [0.29, 0.717) is 11.3 Å². The Morgan fingerprint density at radius 3 is 2.38 bits per heavy atom. The molecule has 0 aliphatic heterocycles. The minimum Gasteiger partial charge on any atom is -0.461 e. The van der Waals surface area contributed by atoms with Crippen LogP contribution in [0.4, 0.5) is 5.69 Å². The largest absolute Gasteiger partial charge is 0.461 e. The number of ether oxygens (including phenoxy) is 2.